The average molecular weight is 849 g/mol. The van der Waals surface area contributed by atoms with Crippen molar-refractivity contribution in [2.24, 2.45) is 0 Å². The molecule has 0 saturated heterocycles. The number of fused-ring (bicyclic) bond motifs is 4. The Labute approximate surface area is 384 Å². The predicted molar refractivity (Wildman–Crippen MR) is 274 cm³/mol. The van der Waals surface area contributed by atoms with Crippen LogP contribution in [0, 0.1) is 6.92 Å². The smallest absolute Gasteiger partial charge is 0.137 e. The zero-order valence-electron chi connectivity index (χ0n) is 36.4. The number of hydrogen-bond acceptors (Lipinski definition) is 4. The Morgan fingerprint density at radius 2 is 0.985 bits per heavy atom. The molecule has 1 aliphatic rings. The van der Waals surface area contributed by atoms with Gasteiger partial charge in [0.2, 0.25) is 0 Å². The Morgan fingerprint density at radius 3 is 1.64 bits per heavy atom. The number of rotatable bonds is 9. The summed E-state index contributed by atoms with van der Waals surface area (Å²) in [5.41, 5.74) is 17.1. The molecule has 0 atom stereocenters. The summed E-state index contributed by atoms with van der Waals surface area (Å²) in [6.07, 6.45) is 2.00. The fraction of sp³-hybridized carbons (Fsp3) is 0.0328. The maximum absolute atomic E-state index is 6.85. The lowest BCUT2D eigenvalue weighted by molar-refractivity contribution is 0.483. The molecule has 0 unspecified atom stereocenters. The molecule has 12 rings (SSSR count). The van der Waals surface area contributed by atoms with Crippen molar-refractivity contribution in [3.63, 3.8) is 0 Å². The van der Waals surface area contributed by atoms with Crippen LogP contribution in [0.4, 0.5) is 22.7 Å². The summed E-state index contributed by atoms with van der Waals surface area (Å²) in [6.45, 7) is 2.79. The number of nitrogens with zero attached hydrogens (tertiary/aromatic N) is 4. The van der Waals surface area contributed by atoms with Crippen molar-refractivity contribution < 1.29 is 4.74 Å². The van der Waals surface area contributed by atoms with Gasteiger partial charge in [-0.05, 0) is 94.9 Å². The summed E-state index contributed by atoms with van der Waals surface area (Å²) >= 11 is 0. The van der Waals surface area contributed by atoms with E-state index in [4.69, 9.17) is 9.72 Å². The van der Waals surface area contributed by atoms with Gasteiger partial charge in [0.05, 0.1) is 28.1 Å². The summed E-state index contributed by atoms with van der Waals surface area (Å²) in [5.74, 6) is 2.37. The molecule has 0 radical (unpaired) electrons. The Morgan fingerprint density at radius 1 is 0.409 bits per heavy atom. The molecule has 0 spiro atoms. The van der Waals surface area contributed by atoms with Crippen molar-refractivity contribution in [2.45, 2.75) is 6.92 Å². The number of para-hydroxylation sites is 3. The molecule has 2 aromatic heterocycles. The number of aryl methyl sites for hydroxylation is 1. The molecule has 1 aliphatic heterocycles. The third kappa shape index (κ3) is 6.95. The maximum atomic E-state index is 6.85. The number of ether oxygens (including phenoxy) is 1. The molecule has 66 heavy (non-hydrogen) atoms. The van der Waals surface area contributed by atoms with Gasteiger partial charge in [-0.25, -0.2) is 4.98 Å². The van der Waals surface area contributed by atoms with Crippen LogP contribution in [0.15, 0.2) is 237 Å². The number of pyridine rings is 1. The lowest BCUT2D eigenvalue weighted by Crippen LogP contribution is -2.24. The molecule has 0 amide bonds. The van der Waals surface area contributed by atoms with Crippen LogP contribution in [0.2, 0.25) is 0 Å². The Bertz CT molecular complexity index is 3490. The van der Waals surface area contributed by atoms with E-state index in [1.165, 1.54) is 39.1 Å². The number of aromatic nitrogens is 2. The summed E-state index contributed by atoms with van der Waals surface area (Å²) in [4.78, 5) is 9.96. The predicted octanol–water partition coefficient (Wildman–Crippen LogP) is 16.2. The molecule has 0 N–H and O–H groups in total. The van der Waals surface area contributed by atoms with Gasteiger partial charge in [0.25, 0.3) is 0 Å². The first-order valence-corrected chi connectivity index (χ1v) is 22.5. The first kappa shape index (κ1) is 39.0. The minimum absolute atomic E-state index is 0.624. The third-order valence-corrected chi connectivity index (χ3v) is 12.8. The van der Waals surface area contributed by atoms with Gasteiger partial charge in [-0.3, -0.25) is 4.57 Å². The highest BCUT2D eigenvalue weighted by Gasteiger charge is 2.31. The zero-order valence-corrected chi connectivity index (χ0v) is 36.4. The highest BCUT2D eigenvalue weighted by Crippen LogP contribution is 2.50. The van der Waals surface area contributed by atoms with Crippen LogP contribution in [-0.2, 0) is 0 Å². The second-order valence-corrected chi connectivity index (χ2v) is 16.9. The molecule has 0 fully saturated rings. The topological polar surface area (TPSA) is 33.5 Å². The molecule has 0 bridgehead atoms. The highest BCUT2D eigenvalue weighted by atomic mass is 16.5. The maximum Gasteiger partial charge on any atom is 0.137 e. The fourth-order valence-corrected chi connectivity index (χ4v) is 9.72. The van der Waals surface area contributed by atoms with Gasteiger partial charge in [-0.2, -0.15) is 0 Å². The van der Waals surface area contributed by atoms with Crippen LogP contribution in [0.25, 0.3) is 72.1 Å². The van der Waals surface area contributed by atoms with Crippen molar-refractivity contribution in [3.8, 4) is 61.8 Å². The van der Waals surface area contributed by atoms with E-state index in [-0.39, 0.29) is 0 Å². The molecule has 0 saturated carbocycles. The standard InChI is InChI=1S/C61H44N4O/c1-42-36-60(62-40-55(42)46-24-12-5-13-25-46)65-56-35-32-47(43-18-6-2-7-19-43)37-54(56)53-34-33-50(39-59(53)65)66-49-27-16-26-48(38-49)63-41-64(58-31-15-14-30-57(58)63)61-51(44-20-8-3-9-21-44)28-17-29-52(61)45-22-10-4-11-23-45/h2-40H,41H2,1H3. The minimum atomic E-state index is 0.624. The van der Waals surface area contributed by atoms with Crippen LogP contribution >= 0.6 is 0 Å². The number of anilines is 4. The second-order valence-electron chi connectivity index (χ2n) is 16.9. The first-order chi connectivity index (χ1) is 32.6. The van der Waals surface area contributed by atoms with E-state index < -0.39 is 0 Å². The van der Waals surface area contributed by atoms with Gasteiger partial charge >= 0.3 is 0 Å². The van der Waals surface area contributed by atoms with Gasteiger partial charge < -0.3 is 14.5 Å². The number of hydrogen-bond donors (Lipinski definition) is 0. The van der Waals surface area contributed by atoms with Crippen LogP contribution < -0.4 is 14.5 Å². The van der Waals surface area contributed by atoms with Crippen molar-refractivity contribution in [3.05, 3.63) is 242 Å². The lowest BCUT2D eigenvalue weighted by atomic mass is 9.95. The van der Waals surface area contributed by atoms with Gasteiger partial charge in [0.1, 0.15) is 24.0 Å². The third-order valence-electron chi connectivity index (χ3n) is 12.8. The van der Waals surface area contributed by atoms with E-state index in [0.717, 1.165) is 72.9 Å². The largest absolute Gasteiger partial charge is 0.457 e. The molecular formula is C61H44N4O. The lowest BCUT2D eigenvalue weighted by Gasteiger charge is -2.27. The van der Waals surface area contributed by atoms with Crippen LogP contribution in [-0.4, -0.2) is 16.2 Å². The average Bonchev–Trinajstić information content (AvgIpc) is 3.93. The molecule has 0 aliphatic carbocycles. The summed E-state index contributed by atoms with van der Waals surface area (Å²) in [5, 5.41) is 2.29. The normalized spacial score (nSPS) is 12.2. The summed E-state index contributed by atoms with van der Waals surface area (Å²) in [6, 6.07) is 81.6. The van der Waals surface area contributed by atoms with Crippen molar-refractivity contribution in [1.29, 1.82) is 0 Å². The Hall–Kier alpha value is -8.67. The zero-order chi connectivity index (χ0) is 44.0. The molecule has 9 aromatic carbocycles. The van der Waals surface area contributed by atoms with Gasteiger partial charge in [-0.1, -0.05) is 164 Å². The quantitative estimate of drug-likeness (QED) is 0.145. The van der Waals surface area contributed by atoms with E-state index in [2.05, 4.69) is 240 Å². The minimum Gasteiger partial charge on any atom is -0.457 e. The van der Waals surface area contributed by atoms with Crippen molar-refractivity contribution in [1.82, 2.24) is 9.55 Å². The molecule has 5 nitrogen and oxygen atoms in total. The van der Waals surface area contributed by atoms with Crippen LogP contribution in [0.1, 0.15) is 5.56 Å². The van der Waals surface area contributed by atoms with E-state index in [9.17, 15) is 0 Å². The fourth-order valence-electron chi connectivity index (χ4n) is 9.72. The van der Waals surface area contributed by atoms with Crippen LogP contribution in [0.3, 0.4) is 0 Å². The van der Waals surface area contributed by atoms with Gasteiger partial charge in [0.15, 0.2) is 0 Å². The monoisotopic (exact) mass is 848 g/mol. The first-order valence-electron chi connectivity index (χ1n) is 22.5. The van der Waals surface area contributed by atoms with Gasteiger partial charge in [0, 0.05) is 51.5 Å². The van der Waals surface area contributed by atoms with E-state index in [1.807, 2.05) is 18.3 Å². The van der Waals surface area contributed by atoms with Crippen molar-refractivity contribution >= 4 is 44.6 Å². The molecular weight excluding hydrogens is 805 g/mol. The van der Waals surface area contributed by atoms with Crippen LogP contribution in [0.5, 0.6) is 11.5 Å². The van der Waals surface area contributed by atoms with E-state index in [1.54, 1.807) is 0 Å². The molecule has 3 heterocycles. The van der Waals surface area contributed by atoms with Gasteiger partial charge in [-0.15, -0.1) is 0 Å². The van der Waals surface area contributed by atoms with E-state index in [0.29, 0.717) is 6.67 Å². The summed E-state index contributed by atoms with van der Waals surface area (Å²) in [7, 11) is 0. The van der Waals surface area contributed by atoms with Crippen molar-refractivity contribution in [2.75, 3.05) is 16.5 Å². The molecule has 314 valence electrons. The molecule has 11 aromatic rings. The summed E-state index contributed by atoms with van der Waals surface area (Å²) < 4.78 is 9.12. The SMILES string of the molecule is Cc1cc(-n2c3ccc(-c4ccccc4)cc3c3ccc(Oc4cccc(N5CN(c6c(-c7ccccc7)cccc6-c6ccccc6)c6ccccc65)c4)cc32)ncc1-c1ccccc1. The highest BCUT2D eigenvalue weighted by molar-refractivity contribution is 6.11. The Kier molecular flexibility index (Phi) is 9.72. The second kappa shape index (κ2) is 16.5. The molecule has 5 heteroatoms. The Balaban J connectivity index is 0.930. The number of benzene rings is 9. The van der Waals surface area contributed by atoms with E-state index >= 15 is 0 Å².